The SMILES string of the molecule is CCN(c1ccc(S(=O)(=O)C(F)F)cc1)C(C)CC(=O)O. The second-order valence-corrected chi connectivity index (χ2v) is 6.45. The van der Waals surface area contributed by atoms with Gasteiger partial charge in [0, 0.05) is 18.3 Å². The average Bonchev–Trinajstić information content (AvgIpc) is 2.39. The topological polar surface area (TPSA) is 74.7 Å². The second-order valence-electron chi connectivity index (χ2n) is 4.53. The third kappa shape index (κ3) is 4.13. The molecule has 0 spiro atoms. The summed E-state index contributed by atoms with van der Waals surface area (Å²) in [4.78, 5) is 12.0. The maximum atomic E-state index is 12.4. The van der Waals surface area contributed by atoms with Gasteiger partial charge in [0.2, 0.25) is 9.84 Å². The molecule has 118 valence electrons. The molecule has 0 aliphatic heterocycles. The predicted octanol–water partition coefficient (Wildman–Crippen LogP) is 2.37. The normalized spacial score (nSPS) is 13.2. The number of hydrogen-bond donors (Lipinski definition) is 1. The summed E-state index contributed by atoms with van der Waals surface area (Å²) < 4.78 is 47.5. The number of sulfone groups is 1. The zero-order chi connectivity index (χ0) is 16.2. The quantitative estimate of drug-likeness (QED) is 0.834. The van der Waals surface area contributed by atoms with Gasteiger partial charge in [0.15, 0.2) is 0 Å². The van der Waals surface area contributed by atoms with Gasteiger partial charge >= 0.3 is 11.7 Å². The number of carbonyl (C=O) groups is 1. The molecular formula is C13H17F2NO4S. The molecule has 0 radical (unpaired) electrons. The summed E-state index contributed by atoms with van der Waals surface area (Å²) in [5, 5.41) is 8.80. The standard InChI is InChI=1S/C13H17F2NO4S/c1-3-16(9(2)8-12(17)18)10-4-6-11(7-5-10)21(19,20)13(14)15/h4-7,9,13H,3,8H2,1-2H3,(H,17,18). The third-order valence-electron chi connectivity index (χ3n) is 3.07. The van der Waals surface area contributed by atoms with E-state index in [-0.39, 0.29) is 12.5 Å². The van der Waals surface area contributed by atoms with E-state index >= 15 is 0 Å². The fourth-order valence-electron chi connectivity index (χ4n) is 2.04. The number of benzene rings is 1. The predicted molar refractivity (Wildman–Crippen MR) is 74.4 cm³/mol. The van der Waals surface area contributed by atoms with Crippen LogP contribution >= 0.6 is 0 Å². The number of aliphatic carboxylic acids is 1. The first kappa shape index (κ1) is 17.4. The van der Waals surface area contributed by atoms with Gasteiger partial charge in [-0.25, -0.2) is 8.42 Å². The maximum Gasteiger partial charge on any atom is 0.341 e. The average molecular weight is 321 g/mol. The molecular weight excluding hydrogens is 304 g/mol. The van der Waals surface area contributed by atoms with E-state index in [4.69, 9.17) is 5.11 Å². The summed E-state index contributed by atoms with van der Waals surface area (Å²) in [5.41, 5.74) is 0.583. The van der Waals surface area contributed by atoms with E-state index in [1.54, 1.807) is 11.8 Å². The number of halogens is 2. The lowest BCUT2D eigenvalue weighted by atomic mass is 10.1. The van der Waals surface area contributed by atoms with Crippen molar-refractivity contribution in [1.29, 1.82) is 0 Å². The van der Waals surface area contributed by atoms with Crippen LogP contribution in [0.25, 0.3) is 0 Å². The molecule has 8 heteroatoms. The Kier molecular flexibility index (Phi) is 5.65. The van der Waals surface area contributed by atoms with E-state index in [1.807, 2.05) is 6.92 Å². The van der Waals surface area contributed by atoms with E-state index in [0.29, 0.717) is 12.2 Å². The highest BCUT2D eigenvalue weighted by Crippen LogP contribution is 2.23. The van der Waals surface area contributed by atoms with Crippen LogP contribution in [0.5, 0.6) is 0 Å². The van der Waals surface area contributed by atoms with Crippen LogP contribution in [0.15, 0.2) is 29.2 Å². The van der Waals surface area contributed by atoms with Gasteiger partial charge in [-0.2, -0.15) is 8.78 Å². The number of hydrogen-bond acceptors (Lipinski definition) is 4. The van der Waals surface area contributed by atoms with Crippen LogP contribution < -0.4 is 4.90 Å². The summed E-state index contributed by atoms with van der Waals surface area (Å²) in [6, 6.07) is 4.71. The largest absolute Gasteiger partial charge is 0.481 e. The highest BCUT2D eigenvalue weighted by Gasteiger charge is 2.26. The van der Waals surface area contributed by atoms with Crippen LogP contribution in [-0.4, -0.2) is 37.8 Å². The Morgan fingerprint density at radius 2 is 1.81 bits per heavy atom. The Hall–Kier alpha value is -1.70. The second kappa shape index (κ2) is 6.84. The van der Waals surface area contributed by atoms with Gasteiger partial charge in [-0.05, 0) is 38.1 Å². The van der Waals surface area contributed by atoms with E-state index in [1.165, 1.54) is 12.1 Å². The molecule has 0 saturated carbocycles. The molecule has 0 bridgehead atoms. The van der Waals surface area contributed by atoms with Crippen LogP contribution in [0.2, 0.25) is 0 Å². The Morgan fingerprint density at radius 1 is 1.29 bits per heavy atom. The van der Waals surface area contributed by atoms with Crippen molar-refractivity contribution in [3.8, 4) is 0 Å². The number of carboxylic acid groups (broad SMARTS) is 1. The number of nitrogens with zero attached hydrogens (tertiary/aromatic N) is 1. The van der Waals surface area contributed by atoms with Crippen LogP contribution in [0.4, 0.5) is 14.5 Å². The molecule has 21 heavy (non-hydrogen) atoms. The van der Waals surface area contributed by atoms with E-state index in [2.05, 4.69) is 0 Å². The molecule has 1 rings (SSSR count). The Labute approximate surface area is 122 Å². The summed E-state index contributed by atoms with van der Waals surface area (Å²) >= 11 is 0. The van der Waals surface area contributed by atoms with Gasteiger partial charge in [-0.3, -0.25) is 4.79 Å². The summed E-state index contributed by atoms with van der Waals surface area (Å²) in [6.45, 7) is 4.05. The Balaban J connectivity index is 3.02. The first-order chi connectivity index (χ1) is 9.70. The van der Waals surface area contributed by atoms with Gasteiger partial charge in [0.25, 0.3) is 0 Å². The fraction of sp³-hybridized carbons (Fsp3) is 0.462. The van der Waals surface area contributed by atoms with Crippen molar-refractivity contribution in [2.24, 2.45) is 0 Å². The van der Waals surface area contributed by atoms with Crippen LogP contribution in [-0.2, 0) is 14.6 Å². The number of carboxylic acids is 1. The fourth-order valence-corrected chi connectivity index (χ4v) is 2.76. The minimum atomic E-state index is -4.61. The zero-order valence-electron chi connectivity index (χ0n) is 11.7. The zero-order valence-corrected chi connectivity index (χ0v) is 12.5. The molecule has 0 saturated heterocycles. The molecule has 0 aromatic heterocycles. The van der Waals surface area contributed by atoms with Crippen LogP contribution in [0.3, 0.4) is 0 Å². The molecule has 1 unspecified atom stereocenters. The summed E-state index contributed by atoms with van der Waals surface area (Å²) in [6.07, 6.45) is -0.0784. The molecule has 1 atom stereocenters. The summed E-state index contributed by atoms with van der Waals surface area (Å²) in [5.74, 6) is -4.41. The minimum absolute atomic E-state index is 0.0784. The molecule has 0 amide bonds. The first-order valence-electron chi connectivity index (χ1n) is 6.30. The number of alkyl halides is 2. The van der Waals surface area contributed by atoms with Crippen molar-refractivity contribution in [3.05, 3.63) is 24.3 Å². The van der Waals surface area contributed by atoms with Crippen molar-refractivity contribution < 1.29 is 27.1 Å². The lowest BCUT2D eigenvalue weighted by Crippen LogP contribution is -2.34. The molecule has 5 nitrogen and oxygen atoms in total. The third-order valence-corrected chi connectivity index (χ3v) is 4.47. The van der Waals surface area contributed by atoms with Gasteiger partial charge < -0.3 is 10.0 Å². The van der Waals surface area contributed by atoms with Crippen molar-refractivity contribution >= 4 is 21.5 Å². The number of rotatable bonds is 7. The van der Waals surface area contributed by atoms with Crippen molar-refractivity contribution in [2.75, 3.05) is 11.4 Å². The highest BCUT2D eigenvalue weighted by atomic mass is 32.2. The molecule has 0 fully saturated rings. The van der Waals surface area contributed by atoms with Crippen molar-refractivity contribution in [1.82, 2.24) is 0 Å². The maximum absolute atomic E-state index is 12.4. The molecule has 1 N–H and O–H groups in total. The van der Waals surface area contributed by atoms with Crippen LogP contribution in [0, 0.1) is 0 Å². The summed E-state index contributed by atoms with van der Waals surface area (Å²) in [7, 11) is -4.61. The Bertz CT molecular complexity index is 587. The molecule has 1 aromatic rings. The van der Waals surface area contributed by atoms with Crippen molar-refractivity contribution in [2.45, 2.75) is 37.0 Å². The minimum Gasteiger partial charge on any atom is -0.481 e. The monoisotopic (exact) mass is 321 g/mol. The van der Waals surface area contributed by atoms with Gasteiger partial charge in [-0.1, -0.05) is 0 Å². The lowest BCUT2D eigenvalue weighted by Gasteiger charge is -2.29. The van der Waals surface area contributed by atoms with Gasteiger partial charge in [0.1, 0.15) is 0 Å². The van der Waals surface area contributed by atoms with Gasteiger partial charge in [0.05, 0.1) is 11.3 Å². The van der Waals surface area contributed by atoms with Gasteiger partial charge in [-0.15, -0.1) is 0 Å². The highest BCUT2D eigenvalue weighted by molar-refractivity contribution is 7.91. The molecule has 1 aromatic carbocycles. The molecule has 0 aliphatic carbocycles. The smallest absolute Gasteiger partial charge is 0.341 e. The number of anilines is 1. The Morgan fingerprint density at radius 3 is 2.19 bits per heavy atom. The van der Waals surface area contributed by atoms with E-state index in [0.717, 1.165) is 12.1 Å². The van der Waals surface area contributed by atoms with E-state index in [9.17, 15) is 22.0 Å². The first-order valence-corrected chi connectivity index (χ1v) is 7.85. The van der Waals surface area contributed by atoms with Crippen molar-refractivity contribution in [3.63, 3.8) is 0 Å². The van der Waals surface area contributed by atoms with Crippen LogP contribution in [0.1, 0.15) is 20.3 Å². The molecule has 0 aliphatic rings. The molecule has 0 heterocycles. The van der Waals surface area contributed by atoms with E-state index < -0.39 is 26.5 Å². The lowest BCUT2D eigenvalue weighted by molar-refractivity contribution is -0.137.